The van der Waals surface area contributed by atoms with Crippen molar-refractivity contribution in [2.45, 2.75) is 5.03 Å². The summed E-state index contributed by atoms with van der Waals surface area (Å²) in [5, 5.41) is 16.4. The second-order valence-electron chi connectivity index (χ2n) is 6.24. The van der Waals surface area contributed by atoms with E-state index in [1.165, 1.54) is 6.07 Å². The van der Waals surface area contributed by atoms with E-state index in [9.17, 15) is 14.9 Å². The van der Waals surface area contributed by atoms with Crippen LogP contribution in [0.5, 0.6) is 0 Å². The highest BCUT2D eigenvalue weighted by Gasteiger charge is 2.19. The van der Waals surface area contributed by atoms with Crippen LogP contribution >= 0.6 is 11.8 Å². The summed E-state index contributed by atoms with van der Waals surface area (Å²) in [5.41, 5.74) is 3.92. The predicted octanol–water partition coefficient (Wildman–Crippen LogP) is 1.99. The number of para-hydroxylation sites is 1. The number of hydrogen-bond donors (Lipinski definition) is 5. The number of anilines is 1. The molecule has 31 heavy (non-hydrogen) atoms. The van der Waals surface area contributed by atoms with E-state index in [0.29, 0.717) is 27.4 Å². The van der Waals surface area contributed by atoms with Crippen molar-refractivity contribution < 1.29 is 4.79 Å². The molecule has 7 N–H and O–H groups in total. The van der Waals surface area contributed by atoms with Crippen LogP contribution in [0.1, 0.15) is 15.9 Å². The molecule has 0 fully saturated rings. The molecule has 3 rings (SSSR count). The molecule has 0 unspecified atom stereocenters. The molecule has 0 bridgehead atoms. The predicted molar refractivity (Wildman–Crippen MR) is 121 cm³/mol. The second-order valence-corrected chi connectivity index (χ2v) is 7.22. The number of amidine groups is 1. The van der Waals surface area contributed by atoms with Crippen molar-refractivity contribution in [2.24, 2.45) is 16.8 Å². The number of aromatic nitrogens is 1. The number of carbonyl (C=O) groups excluding carboxylic acids is 1. The van der Waals surface area contributed by atoms with Crippen LogP contribution in [0.2, 0.25) is 0 Å². The summed E-state index contributed by atoms with van der Waals surface area (Å²) in [5.74, 6) is 10.7. The Bertz CT molecular complexity index is 1220. The number of benzene rings is 2. The molecule has 1 amide bonds. The first-order valence-electron chi connectivity index (χ1n) is 9.06. The lowest BCUT2D eigenvalue weighted by molar-refractivity contribution is 0.102. The quantitative estimate of drug-likeness (QED) is 0.130. The minimum Gasteiger partial charge on any atom is -0.322 e. The number of carbonyl (C=O) groups is 1. The number of thioether (sulfide) groups is 1. The number of hydrogen-bond acceptors (Lipinski definition) is 7. The number of hydrazone groups is 1. The molecule has 0 spiro atoms. The monoisotopic (exact) mass is 433 g/mol. The van der Waals surface area contributed by atoms with Gasteiger partial charge in [-0.05, 0) is 23.8 Å². The third-order valence-corrected chi connectivity index (χ3v) is 5.30. The summed E-state index contributed by atoms with van der Waals surface area (Å²) in [7, 11) is 0. The highest BCUT2D eigenvalue weighted by molar-refractivity contribution is 8.00. The van der Waals surface area contributed by atoms with Crippen LogP contribution in [0.4, 0.5) is 5.69 Å². The molecule has 0 saturated heterocycles. The topological polar surface area (TPSA) is 162 Å². The summed E-state index contributed by atoms with van der Waals surface area (Å²) >= 11 is 1.14. The van der Waals surface area contributed by atoms with Gasteiger partial charge in [0.25, 0.3) is 5.91 Å². The van der Waals surface area contributed by atoms with E-state index < -0.39 is 5.56 Å². The number of pyridine rings is 1. The smallest absolute Gasteiger partial charge is 0.256 e. The molecule has 0 radical (unpaired) electrons. The summed E-state index contributed by atoms with van der Waals surface area (Å²) < 4.78 is 0. The fraction of sp³-hybridized carbons (Fsp3) is 0.0476. The van der Waals surface area contributed by atoms with Gasteiger partial charge in [0.15, 0.2) is 0 Å². The van der Waals surface area contributed by atoms with Gasteiger partial charge < -0.3 is 21.6 Å². The van der Waals surface area contributed by atoms with Gasteiger partial charge in [0.05, 0.1) is 16.3 Å². The average molecular weight is 433 g/mol. The molecule has 1 heterocycles. The van der Waals surface area contributed by atoms with Crippen LogP contribution in [0.15, 0.2) is 75.6 Å². The lowest BCUT2D eigenvalue weighted by Gasteiger charge is -2.13. The number of nitrogens with two attached hydrogens (primary N) is 2. The van der Waals surface area contributed by atoms with Crippen LogP contribution in [-0.2, 0) is 0 Å². The number of hydrazine groups is 1. The Kier molecular flexibility index (Phi) is 7.05. The zero-order valence-electron chi connectivity index (χ0n) is 16.3. The van der Waals surface area contributed by atoms with Crippen LogP contribution in [0, 0.1) is 11.3 Å². The molecule has 156 valence electrons. The summed E-state index contributed by atoms with van der Waals surface area (Å²) in [4.78, 5) is 27.9. The van der Waals surface area contributed by atoms with Gasteiger partial charge >= 0.3 is 0 Å². The Labute approximate surface area is 182 Å². The molecule has 0 aliphatic carbocycles. The van der Waals surface area contributed by atoms with Crippen LogP contribution in [0.25, 0.3) is 11.1 Å². The number of aromatic amines is 1. The number of nitriles is 1. The highest BCUT2D eigenvalue weighted by atomic mass is 32.2. The summed E-state index contributed by atoms with van der Waals surface area (Å²) in [6, 6.07) is 19.2. The first kappa shape index (κ1) is 21.6. The highest BCUT2D eigenvalue weighted by Crippen LogP contribution is 2.31. The van der Waals surface area contributed by atoms with Crippen molar-refractivity contribution in [3.8, 4) is 17.2 Å². The second kappa shape index (κ2) is 10.1. The maximum atomic E-state index is 12.9. The van der Waals surface area contributed by atoms with E-state index in [-0.39, 0.29) is 23.1 Å². The lowest BCUT2D eigenvalue weighted by atomic mass is 9.96. The van der Waals surface area contributed by atoms with E-state index in [4.69, 9.17) is 11.7 Å². The van der Waals surface area contributed by atoms with Crippen molar-refractivity contribution in [3.05, 3.63) is 82.1 Å². The Balaban J connectivity index is 2.04. The third kappa shape index (κ3) is 5.11. The van der Waals surface area contributed by atoms with Gasteiger partial charge in [0, 0.05) is 22.9 Å². The van der Waals surface area contributed by atoms with Gasteiger partial charge in [0.2, 0.25) is 5.56 Å². The third-order valence-electron chi connectivity index (χ3n) is 4.29. The molecule has 9 nitrogen and oxygen atoms in total. The lowest BCUT2D eigenvalue weighted by Crippen LogP contribution is -2.33. The Morgan fingerprint density at radius 1 is 1.13 bits per heavy atom. The van der Waals surface area contributed by atoms with Crippen molar-refractivity contribution in [1.29, 1.82) is 5.26 Å². The molecular formula is C21H19N7O2S. The normalized spacial score (nSPS) is 10.9. The van der Waals surface area contributed by atoms with Gasteiger partial charge in [0.1, 0.15) is 11.9 Å². The fourth-order valence-electron chi connectivity index (χ4n) is 2.86. The SMILES string of the molecule is N#Cc1c(-c2ccccc2C(=O)Nc2ccccc2)cc(=O)[nH]c1SC/C(=N/N)NN. The van der Waals surface area contributed by atoms with E-state index >= 15 is 0 Å². The molecule has 10 heteroatoms. The van der Waals surface area contributed by atoms with E-state index in [1.807, 2.05) is 18.2 Å². The zero-order chi connectivity index (χ0) is 22.2. The number of rotatable bonds is 6. The number of H-pyrrole nitrogens is 1. The molecule has 0 atom stereocenters. The van der Waals surface area contributed by atoms with Crippen LogP contribution in [-0.4, -0.2) is 22.5 Å². The average Bonchev–Trinajstić information content (AvgIpc) is 2.80. The molecule has 0 aliphatic rings. The van der Waals surface area contributed by atoms with E-state index in [2.05, 4.69) is 26.9 Å². The minimum atomic E-state index is -0.415. The Hall–Kier alpha value is -4.07. The fourth-order valence-corrected chi connectivity index (χ4v) is 3.77. The number of amides is 1. The molecular weight excluding hydrogens is 414 g/mol. The standard InChI is InChI=1S/C21H19N7O2S/c22-11-17-16(10-19(29)26-21(17)31-12-18(27-23)28-24)14-8-4-5-9-15(14)20(30)25-13-6-2-1-3-7-13/h1-10H,12,23-24H2,(H,25,30)(H,26,29)(H,27,28). The molecule has 3 aromatic rings. The van der Waals surface area contributed by atoms with Crippen molar-refractivity contribution in [1.82, 2.24) is 10.4 Å². The van der Waals surface area contributed by atoms with E-state index in [1.54, 1.807) is 36.4 Å². The first-order chi connectivity index (χ1) is 15.1. The van der Waals surface area contributed by atoms with E-state index in [0.717, 1.165) is 11.8 Å². The summed E-state index contributed by atoms with van der Waals surface area (Å²) in [6.45, 7) is 0. The Morgan fingerprint density at radius 3 is 2.52 bits per heavy atom. The minimum absolute atomic E-state index is 0.206. The van der Waals surface area contributed by atoms with Crippen molar-refractivity contribution in [2.75, 3.05) is 11.1 Å². The maximum absolute atomic E-state index is 12.9. The van der Waals surface area contributed by atoms with Gasteiger partial charge in [-0.1, -0.05) is 48.2 Å². The van der Waals surface area contributed by atoms with Crippen molar-refractivity contribution in [3.63, 3.8) is 0 Å². The van der Waals surface area contributed by atoms with Crippen LogP contribution in [0.3, 0.4) is 0 Å². The molecule has 1 aromatic heterocycles. The first-order valence-corrected chi connectivity index (χ1v) is 10.0. The van der Waals surface area contributed by atoms with Gasteiger partial charge in [-0.15, -0.1) is 0 Å². The van der Waals surface area contributed by atoms with Gasteiger partial charge in [-0.2, -0.15) is 10.4 Å². The largest absolute Gasteiger partial charge is 0.322 e. The zero-order valence-corrected chi connectivity index (χ0v) is 17.1. The van der Waals surface area contributed by atoms with Gasteiger partial charge in [-0.3, -0.25) is 9.59 Å². The summed E-state index contributed by atoms with van der Waals surface area (Å²) in [6.07, 6.45) is 0. The van der Waals surface area contributed by atoms with Crippen molar-refractivity contribution >= 4 is 29.2 Å². The number of nitrogens with one attached hydrogen (secondary N) is 3. The van der Waals surface area contributed by atoms with Crippen LogP contribution < -0.4 is 28.0 Å². The molecule has 0 saturated carbocycles. The number of nitrogens with zero attached hydrogens (tertiary/aromatic N) is 2. The maximum Gasteiger partial charge on any atom is 0.256 e. The Morgan fingerprint density at radius 2 is 1.84 bits per heavy atom. The molecule has 2 aromatic carbocycles. The molecule has 0 aliphatic heterocycles. The van der Waals surface area contributed by atoms with Gasteiger partial charge in [-0.25, -0.2) is 5.84 Å².